The minimum Gasteiger partial charge on any atom is -0.0837 e. The molecule has 0 atom stereocenters. The summed E-state index contributed by atoms with van der Waals surface area (Å²) in [6.07, 6.45) is 4.64. The van der Waals surface area contributed by atoms with E-state index in [1.807, 2.05) is 6.07 Å². The molecule has 0 unspecified atom stereocenters. The monoisotopic (exact) mass is 338 g/mol. The number of halogens is 1. The third-order valence-electron chi connectivity index (χ3n) is 5.55. The molecule has 0 spiro atoms. The van der Waals surface area contributed by atoms with E-state index in [2.05, 4.69) is 77.1 Å². The minimum atomic E-state index is 0.198. The second-order valence-corrected chi connectivity index (χ2v) is 8.79. The van der Waals surface area contributed by atoms with Gasteiger partial charge in [-0.1, -0.05) is 75.7 Å². The van der Waals surface area contributed by atoms with Crippen molar-refractivity contribution < 1.29 is 0 Å². The normalized spacial score (nSPS) is 19.0. The van der Waals surface area contributed by atoms with Crippen molar-refractivity contribution >= 4 is 23.3 Å². The number of hydrogen-bond donors (Lipinski definition) is 0. The first-order valence-electron chi connectivity index (χ1n) is 8.79. The molecular weight excluding hydrogens is 312 g/mol. The Morgan fingerprint density at radius 1 is 0.917 bits per heavy atom. The first-order valence-corrected chi connectivity index (χ1v) is 9.17. The summed E-state index contributed by atoms with van der Waals surface area (Å²) in [5.74, 6) is 0. The van der Waals surface area contributed by atoms with Crippen molar-refractivity contribution in [2.24, 2.45) is 0 Å². The molecule has 0 radical (unpaired) electrons. The van der Waals surface area contributed by atoms with Crippen molar-refractivity contribution in [3.63, 3.8) is 0 Å². The molecule has 0 heterocycles. The Morgan fingerprint density at radius 2 is 1.46 bits per heavy atom. The van der Waals surface area contributed by atoms with Crippen LogP contribution in [0.5, 0.6) is 0 Å². The van der Waals surface area contributed by atoms with E-state index in [9.17, 15) is 0 Å². The topological polar surface area (TPSA) is 0 Å². The fraction of sp³-hybridized carbons (Fsp3) is 0.391. The van der Waals surface area contributed by atoms with Crippen LogP contribution in [0.15, 0.2) is 42.5 Å². The zero-order valence-electron chi connectivity index (χ0n) is 15.4. The molecule has 1 aliphatic rings. The van der Waals surface area contributed by atoms with Gasteiger partial charge in [0, 0.05) is 5.02 Å². The number of hydrogen-bond acceptors (Lipinski definition) is 0. The van der Waals surface area contributed by atoms with Gasteiger partial charge in [0.2, 0.25) is 0 Å². The minimum absolute atomic E-state index is 0.198. The van der Waals surface area contributed by atoms with Crippen LogP contribution < -0.4 is 0 Å². The molecule has 0 N–H and O–H groups in total. The van der Waals surface area contributed by atoms with E-state index in [0.29, 0.717) is 0 Å². The van der Waals surface area contributed by atoms with Gasteiger partial charge in [0.15, 0.2) is 0 Å². The largest absolute Gasteiger partial charge is 0.0837 e. The van der Waals surface area contributed by atoms with Crippen LogP contribution in [0.1, 0.15) is 69.7 Å². The first-order chi connectivity index (χ1) is 11.2. The summed E-state index contributed by atoms with van der Waals surface area (Å²) >= 11 is 6.70. The molecule has 0 aromatic heterocycles. The van der Waals surface area contributed by atoms with Gasteiger partial charge in [0.25, 0.3) is 0 Å². The molecule has 2 aromatic carbocycles. The maximum atomic E-state index is 6.70. The number of allylic oxidation sites excluding steroid dienone is 1. The Balaban J connectivity index is 2.13. The highest BCUT2D eigenvalue weighted by molar-refractivity contribution is 6.32. The average molecular weight is 339 g/mol. The van der Waals surface area contributed by atoms with Crippen LogP contribution in [0.3, 0.4) is 0 Å². The third-order valence-corrected chi connectivity index (χ3v) is 5.86. The quantitative estimate of drug-likeness (QED) is 0.506. The van der Waals surface area contributed by atoms with Crippen molar-refractivity contribution in [2.75, 3.05) is 0 Å². The van der Waals surface area contributed by atoms with Gasteiger partial charge in [-0.25, -0.2) is 0 Å². The van der Waals surface area contributed by atoms with E-state index >= 15 is 0 Å². The van der Waals surface area contributed by atoms with Crippen LogP contribution >= 0.6 is 11.6 Å². The van der Waals surface area contributed by atoms with Crippen LogP contribution in [-0.4, -0.2) is 0 Å². The molecule has 3 rings (SSSR count). The number of fused-ring (bicyclic) bond motifs is 1. The molecule has 1 heteroatoms. The summed E-state index contributed by atoms with van der Waals surface area (Å²) in [6.45, 7) is 11.5. The fourth-order valence-corrected chi connectivity index (χ4v) is 4.08. The molecule has 24 heavy (non-hydrogen) atoms. The Bertz CT molecular complexity index is 779. The molecule has 0 aliphatic heterocycles. The summed E-state index contributed by atoms with van der Waals surface area (Å²) in [7, 11) is 0. The predicted molar refractivity (Wildman–Crippen MR) is 107 cm³/mol. The Labute approximate surface area is 151 Å². The lowest BCUT2D eigenvalue weighted by atomic mass is 9.63. The standard InChI is InChI=1S/C23H27Cl/c1-16(13-17-9-7-6-8-10-17)18-14-19-20(15-21(18)24)23(4,5)12-11-22(19,2)3/h6-10,13-15H,11-12H2,1-5H3. The van der Waals surface area contributed by atoms with Crippen LogP contribution in [0.25, 0.3) is 11.6 Å². The van der Waals surface area contributed by atoms with Gasteiger partial charge in [-0.05, 0) is 70.6 Å². The number of benzene rings is 2. The van der Waals surface area contributed by atoms with E-state index in [1.54, 1.807) is 0 Å². The summed E-state index contributed by atoms with van der Waals surface area (Å²) in [4.78, 5) is 0. The van der Waals surface area contributed by atoms with E-state index in [1.165, 1.54) is 35.1 Å². The molecule has 0 saturated heterocycles. The Kier molecular flexibility index (Phi) is 4.38. The molecule has 0 nitrogen and oxygen atoms in total. The molecule has 0 amide bonds. The summed E-state index contributed by atoms with van der Waals surface area (Å²) in [6, 6.07) is 15.0. The van der Waals surface area contributed by atoms with Crippen molar-refractivity contribution in [2.45, 2.75) is 58.3 Å². The van der Waals surface area contributed by atoms with E-state index < -0.39 is 0 Å². The van der Waals surface area contributed by atoms with Gasteiger partial charge in [0.1, 0.15) is 0 Å². The maximum Gasteiger partial charge on any atom is 0.0484 e. The predicted octanol–water partition coefficient (Wildman–Crippen LogP) is 7.25. The van der Waals surface area contributed by atoms with Gasteiger partial charge in [-0.3, -0.25) is 0 Å². The molecule has 126 valence electrons. The van der Waals surface area contributed by atoms with Crippen LogP contribution in [0, 0.1) is 0 Å². The van der Waals surface area contributed by atoms with Crippen LogP contribution in [0.2, 0.25) is 5.02 Å². The highest BCUT2D eigenvalue weighted by atomic mass is 35.5. The summed E-state index contributed by atoms with van der Waals surface area (Å²) in [5.41, 5.74) is 6.86. The lowest BCUT2D eigenvalue weighted by Gasteiger charge is -2.42. The second-order valence-electron chi connectivity index (χ2n) is 8.38. The van der Waals surface area contributed by atoms with E-state index in [0.717, 1.165) is 10.6 Å². The van der Waals surface area contributed by atoms with Gasteiger partial charge in [-0.2, -0.15) is 0 Å². The van der Waals surface area contributed by atoms with E-state index in [-0.39, 0.29) is 10.8 Å². The first kappa shape index (κ1) is 17.3. The second kappa shape index (κ2) is 6.08. The SMILES string of the molecule is CC(=Cc1ccccc1)c1cc2c(cc1Cl)C(C)(C)CCC2(C)C. The van der Waals surface area contributed by atoms with E-state index in [4.69, 9.17) is 11.6 Å². The van der Waals surface area contributed by atoms with Crippen molar-refractivity contribution in [3.05, 3.63) is 69.7 Å². The zero-order valence-corrected chi connectivity index (χ0v) is 16.2. The van der Waals surface area contributed by atoms with Crippen LogP contribution in [-0.2, 0) is 10.8 Å². The summed E-state index contributed by atoms with van der Waals surface area (Å²) < 4.78 is 0. The highest BCUT2D eigenvalue weighted by Crippen LogP contribution is 2.47. The van der Waals surface area contributed by atoms with Crippen LogP contribution in [0.4, 0.5) is 0 Å². The number of rotatable bonds is 2. The van der Waals surface area contributed by atoms with Gasteiger partial charge in [0.05, 0.1) is 0 Å². The van der Waals surface area contributed by atoms with Crippen molar-refractivity contribution in [1.29, 1.82) is 0 Å². The fourth-order valence-electron chi connectivity index (χ4n) is 3.77. The lowest BCUT2D eigenvalue weighted by Crippen LogP contribution is -2.34. The van der Waals surface area contributed by atoms with Gasteiger partial charge in [-0.15, -0.1) is 0 Å². The van der Waals surface area contributed by atoms with Gasteiger partial charge < -0.3 is 0 Å². The lowest BCUT2D eigenvalue weighted by molar-refractivity contribution is 0.332. The Hall–Kier alpha value is -1.53. The van der Waals surface area contributed by atoms with Crippen molar-refractivity contribution in [1.82, 2.24) is 0 Å². The summed E-state index contributed by atoms with van der Waals surface area (Å²) in [5, 5.41) is 0.865. The molecule has 0 saturated carbocycles. The molecule has 0 fully saturated rings. The molecule has 0 bridgehead atoms. The third kappa shape index (κ3) is 3.17. The molecule has 1 aliphatic carbocycles. The molecule has 2 aromatic rings. The highest BCUT2D eigenvalue weighted by Gasteiger charge is 2.37. The van der Waals surface area contributed by atoms with Crippen molar-refractivity contribution in [3.8, 4) is 0 Å². The Morgan fingerprint density at radius 3 is 2.04 bits per heavy atom. The smallest absolute Gasteiger partial charge is 0.0484 e. The zero-order chi connectivity index (χ0) is 17.5. The molecular formula is C23H27Cl. The maximum absolute atomic E-state index is 6.70. The van der Waals surface area contributed by atoms with Gasteiger partial charge >= 0.3 is 0 Å². The average Bonchev–Trinajstić information content (AvgIpc) is 2.52.